The molecule has 47 heavy (non-hydrogen) atoms. The number of nitrogens with one attached hydrogen (secondary N) is 1. The minimum atomic E-state index is -0.704. The first kappa shape index (κ1) is 33.6. The van der Waals surface area contributed by atoms with Crippen molar-refractivity contribution < 1.29 is 23.4 Å². The van der Waals surface area contributed by atoms with Crippen molar-refractivity contribution in [2.75, 3.05) is 12.4 Å². The Balaban J connectivity index is 1.36. The maximum absolute atomic E-state index is 14.5. The highest BCUT2D eigenvalue weighted by atomic mass is 79.9. The molecule has 1 saturated carbocycles. The second kappa shape index (κ2) is 14.9. The second-order valence-corrected chi connectivity index (χ2v) is 13.9. The zero-order chi connectivity index (χ0) is 33.1. The average Bonchev–Trinajstić information content (AvgIpc) is 3.46. The van der Waals surface area contributed by atoms with Crippen molar-refractivity contribution in [3.05, 3.63) is 103 Å². The van der Waals surface area contributed by atoms with Crippen LogP contribution >= 0.6 is 50.9 Å². The van der Waals surface area contributed by atoms with Gasteiger partial charge in [-0.25, -0.2) is 13.9 Å². The number of nitrogens with zero attached hydrogens (tertiary/aromatic N) is 3. The minimum absolute atomic E-state index is 0.121. The van der Waals surface area contributed by atoms with Gasteiger partial charge < -0.3 is 19.5 Å². The van der Waals surface area contributed by atoms with E-state index in [4.69, 9.17) is 47.5 Å². The third-order valence-corrected chi connectivity index (χ3v) is 10.4. The van der Waals surface area contributed by atoms with Crippen LogP contribution in [0.2, 0.25) is 10.0 Å². The molecule has 3 aromatic carbocycles. The van der Waals surface area contributed by atoms with Gasteiger partial charge >= 0.3 is 5.97 Å². The number of halogens is 4. The summed E-state index contributed by atoms with van der Waals surface area (Å²) in [5, 5.41) is 9.56. The minimum Gasteiger partial charge on any atom is -0.493 e. The largest absolute Gasteiger partial charge is 0.493 e. The molecule has 1 aromatic heterocycles. The van der Waals surface area contributed by atoms with E-state index in [1.54, 1.807) is 16.8 Å². The van der Waals surface area contributed by atoms with E-state index in [1.165, 1.54) is 31.0 Å². The Morgan fingerprint density at radius 2 is 1.87 bits per heavy atom. The molecular weight excluding hydrogens is 730 g/mol. The Hall–Kier alpha value is -3.25. The number of rotatable bonds is 10. The van der Waals surface area contributed by atoms with Crippen LogP contribution in [0.5, 0.6) is 11.5 Å². The predicted octanol–water partition coefficient (Wildman–Crippen LogP) is 9.53. The standard InChI is InChI=1S/C34H32BrCl2FN4O4S/c1-19-29(32(43)46-22-10-4-3-5-11-22)30(42-33(39-19)40-34(41-42)47-18-20-9-6-7-12-25(20)36)21-15-24(35)31(28(16-21)44-2)45-17-23-26(37)13-8-14-27(23)38/h6-9,12-16,22,30H,3-5,10-11,17-18H2,1-2H3,(H,39,40,41). The smallest absolute Gasteiger partial charge is 0.338 e. The molecule has 1 N–H and O–H groups in total. The maximum Gasteiger partial charge on any atom is 0.338 e. The molecule has 2 aliphatic rings. The number of fused-ring (bicyclic) bond motifs is 1. The Bertz CT molecular complexity index is 1810. The van der Waals surface area contributed by atoms with E-state index in [1.807, 2.05) is 37.3 Å². The van der Waals surface area contributed by atoms with Crippen LogP contribution in [-0.4, -0.2) is 33.9 Å². The quantitative estimate of drug-likeness (QED) is 0.126. The number of carbonyl (C=O) groups is 1. The van der Waals surface area contributed by atoms with Gasteiger partial charge in [-0.15, -0.1) is 5.10 Å². The van der Waals surface area contributed by atoms with E-state index in [-0.39, 0.29) is 23.3 Å². The SMILES string of the molecule is COc1cc(C2C(C(=O)OC3CCCCC3)=C(C)Nc3nc(SCc4ccccc4Cl)nn32)cc(Br)c1OCc1c(F)cccc1Cl. The first-order valence-electron chi connectivity index (χ1n) is 15.2. The van der Waals surface area contributed by atoms with Crippen LogP contribution < -0.4 is 14.8 Å². The van der Waals surface area contributed by atoms with Gasteiger partial charge in [-0.1, -0.05) is 65.7 Å². The summed E-state index contributed by atoms with van der Waals surface area (Å²) in [4.78, 5) is 18.7. The molecule has 0 saturated heterocycles. The highest BCUT2D eigenvalue weighted by Gasteiger charge is 2.37. The number of hydrogen-bond acceptors (Lipinski definition) is 8. The average molecular weight is 763 g/mol. The fourth-order valence-electron chi connectivity index (χ4n) is 5.77. The number of aromatic nitrogens is 3. The number of anilines is 1. The van der Waals surface area contributed by atoms with Crippen molar-refractivity contribution in [2.45, 2.75) is 68.7 Å². The number of methoxy groups -OCH3 is 1. The van der Waals surface area contributed by atoms with E-state index in [9.17, 15) is 9.18 Å². The van der Waals surface area contributed by atoms with E-state index in [2.05, 4.69) is 21.2 Å². The van der Waals surface area contributed by atoms with Gasteiger partial charge in [0.1, 0.15) is 24.6 Å². The molecule has 0 bridgehead atoms. The monoisotopic (exact) mass is 760 g/mol. The molecule has 0 radical (unpaired) electrons. The van der Waals surface area contributed by atoms with Crippen molar-refractivity contribution in [1.82, 2.24) is 14.8 Å². The lowest BCUT2D eigenvalue weighted by Crippen LogP contribution is -2.32. The number of esters is 1. The first-order chi connectivity index (χ1) is 22.7. The summed E-state index contributed by atoms with van der Waals surface area (Å²) < 4.78 is 34.6. The topological polar surface area (TPSA) is 87.5 Å². The van der Waals surface area contributed by atoms with Gasteiger partial charge in [-0.2, -0.15) is 4.98 Å². The molecule has 2 heterocycles. The van der Waals surface area contributed by atoms with Gasteiger partial charge in [0.05, 0.1) is 22.2 Å². The molecule has 4 aromatic rings. The fourth-order valence-corrected chi connectivity index (χ4v) is 7.68. The van der Waals surface area contributed by atoms with Crippen molar-refractivity contribution in [3.63, 3.8) is 0 Å². The number of carbonyl (C=O) groups excluding carboxylic acids is 1. The van der Waals surface area contributed by atoms with Gasteiger partial charge in [0.15, 0.2) is 11.5 Å². The molecular formula is C34H32BrCl2FN4O4S. The molecule has 1 aliphatic heterocycles. The third-order valence-electron chi connectivity index (χ3n) is 8.18. The molecule has 0 spiro atoms. The zero-order valence-electron chi connectivity index (χ0n) is 25.7. The van der Waals surface area contributed by atoms with Crippen LogP contribution in [0.25, 0.3) is 0 Å². The highest BCUT2D eigenvalue weighted by molar-refractivity contribution is 9.10. The van der Waals surface area contributed by atoms with Crippen LogP contribution in [-0.2, 0) is 21.9 Å². The van der Waals surface area contributed by atoms with Crippen molar-refractivity contribution >= 4 is 62.8 Å². The number of allylic oxidation sites excluding steroid dienone is 1. The van der Waals surface area contributed by atoms with Crippen LogP contribution in [0, 0.1) is 5.82 Å². The fraction of sp³-hybridized carbons (Fsp3) is 0.324. The van der Waals surface area contributed by atoms with Crippen LogP contribution in [0.1, 0.15) is 61.8 Å². The van der Waals surface area contributed by atoms with Gasteiger partial charge in [0.25, 0.3) is 0 Å². The summed E-state index contributed by atoms with van der Waals surface area (Å²) in [5.74, 6) is 0.881. The summed E-state index contributed by atoms with van der Waals surface area (Å²) in [6.45, 7) is 1.71. The predicted molar refractivity (Wildman–Crippen MR) is 185 cm³/mol. The summed E-state index contributed by atoms with van der Waals surface area (Å²) in [5.41, 5.74) is 2.89. The maximum atomic E-state index is 14.5. The van der Waals surface area contributed by atoms with E-state index >= 15 is 0 Å². The van der Waals surface area contributed by atoms with Gasteiger partial charge in [-0.3, -0.25) is 0 Å². The lowest BCUT2D eigenvalue weighted by molar-refractivity contribution is -0.146. The van der Waals surface area contributed by atoms with Crippen molar-refractivity contribution in [2.24, 2.45) is 0 Å². The lowest BCUT2D eigenvalue weighted by atomic mass is 9.94. The summed E-state index contributed by atoms with van der Waals surface area (Å²) in [6.07, 6.45) is 4.73. The van der Waals surface area contributed by atoms with Gasteiger partial charge in [0.2, 0.25) is 11.1 Å². The highest BCUT2D eigenvalue weighted by Crippen LogP contribution is 2.44. The number of hydrogen-bond donors (Lipinski definition) is 1. The lowest BCUT2D eigenvalue weighted by Gasteiger charge is -2.30. The molecule has 1 unspecified atom stereocenters. The molecule has 1 atom stereocenters. The van der Waals surface area contributed by atoms with Gasteiger partial charge in [0, 0.05) is 22.0 Å². The van der Waals surface area contributed by atoms with Crippen LogP contribution in [0.3, 0.4) is 0 Å². The third kappa shape index (κ3) is 7.43. The zero-order valence-corrected chi connectivity index (χ0v) is 29.6. The normalized spacial score (nSPS) is 16.4. The molecule has 6 rings (SSSR count). The molecule has 1 fully saturated rings. The van der Waals surface area contributed by atoms with Crippen molar-refractivity contribution in [3.8, 4) is 11.5 Å². The van der Waals surface area contributed by atoms with Crippen molar-refractivity contribution in [1.29, 1.82) is 0 Å². The Morgan fingerprint density at radius 3 is 2.62 bits per heavy atom. The molecule has 0 amide bonds. The number of thioether (sulfide) groups is 1. The Kier molecular flexibility index (Phi) is 10.7. The Labute approximate surface area is 295 Å². The molecule has 13 heteroatoms. The molecule has 8 nitrogen and oxygen atoms in total. The second-order valence-electron chi connectivity index (χ2n) is 11.3. The number of ether oxygens (including phenoxy) is 3. The Morgan fingerprint density at radius 1 is 1.11 bits per heavy atom. The molecule has 1 aliphatic carbocycles. The van der Waals surface area contributed by atoms with E-state index in [0.29, 0.717) is 54.7 Å². The van der Waals surface area contributed by atoms with Crippen LogP contribution in [0.4, 0.5) is 10.3 Å². The van der Waals surface area contributed by atoms with Crippen LogP contribution in [0.15, 0.2) is 75.5 Å². The summed E-state index contributed by atoms with van der Waals surface area (Å²) >= 11 is 17.7. The number of benzene rings is 3. The van der Waals surface area contributed by atoms with E-state index in [0.717, 1.165) is 37.7 Å². The first-order valence-corrected chi connectivity index (χ1v) is 17.7. The van der Waals surface area contributed by atoms with E-state index < -0.39 is 17.8 Å². The summed E-state index contributed by atoms with van der Waals surface area (Å²) in [7, 11) is 1.51. The molecule has 246 valence electrons. The van der Waals surface area contributed by atoms with Gasteiger partial charge in [-0.05, 0) is 90.0 Å². The summed E-state index contributed by atoms with van der Waals surface area (Å²) in [6, 6.07) is 15.0.